The van der Waals surface area contributed by atoms with Gasteiger partial charge in [0, 0.05) is 13.0 Å². The van der Waals surface area contributed by atoms with Crippen LogP contribution in [0.2, 0.25) is 0 Å². The number of carbonyl (C=O) groups excluding carboxylic acids is 1. The zero-order valence-corrected chi connectivity index (χ0v) is 11.3. The lowest BCUT2D eigenvalue weighted by atomic mass is 9.82. The maximum absolute atomic E-state index is 11.8. The van der Waals surface area contributed by atoms with Crippen LogP contribution in [0, 0.1) is 18.3 Å². The van der Waals surface area contributed by atoms with Crippen LogP contribution in [-0.2, 0) is 4.74 Å². The van der Waals surface area contributed by atoms with E-state index < -0.39 is 5.60 Å². The molecule has 4 heteroatoms. The molecular formula is C14H23NO3. The molecule has 0 saturated carbocycles. The zero-order valence-electron chi connectivity index (χ0n) is 11.3. The first kappa shape index (κ1) is 14.8. The molecule has 1 aliphatic rings. The van der Waals surface area contributed by atoms with Crippen LogP contribution < -0.4 is 0 Å². The number of amides is 1. The monoisotopic (exact) mass is 253 g/mol. The Hall–Kier alpha value is -1.21. The van der Waals surface area contributed by atoms with Crippen molar-refractivity contribution in [2.24, 2.45) is 5.92 Å². The molecule has 1 fully saturated rings. The predicted octanol–water partition coefficient (Wildman–Crippen LogP) is 2.02. The van der Waals surface area contributed by atoms with Crippen LogP contribution in [0.25, 0.3) is 0 Å². The van der Waals surface area contributed by atoms with Crippen LogP contribution in [0.15, 0.2) is 0 Å². The third kappa shape index (κ3) is 3.92. The van der Waals surface area contributed by atoms with Gasteiger partial charge in [0.25, 0.3) is 0 Å². The SMILES string of the molecule is C#CCC[C@@H]1CN(C(=O)OCC)C[C@](O)(CC)C1. The van der Waals surface area contributed by atoms with Crippen molar-refractivity contribution in [2.45, 2.75) is 45.1 Å². The summed E-state index contributed by atoms with van der Waals surface area (Å²) in [6.07, 6.45) is 7.80. The fourth-order valence-corrected chi connectivity index (χ4v) is 2.49. The van der Waals surface area contributed by atoms with Crippen molar-refractivity contribution >= 4 is 6.09 Å². The molecule has 2 atom stereocenters. The van der Waals surface area contributed by atoms with E-state index in [2.05, 4.69) is 5.92 Å². The van der Waals surface area contributed by atoms with E-state index in [-0.39, 0.29) is 12.0 Å². The zero-order chi connectivity index (χ0) is 13.6. The van der Waals surface area contributed by atoms with Gasteiger partial charge in [0.15, 0.2) is 0 Å². The summed E-state index contributed by atoms with van der Waals surface area (Å²) in [5.41, 5.74) is -0.801. The minimum atomic E-state index is -0.801. The van der Waals surface area contributed by atoms with Crippen LogP contribution >= 0.6 is 0 Å². The maximum Gasteiger partial charge on any atom is 0.409 e. The molecule has 18 heavy (non-hydrogen) atoms. The van der Waals surface area contributed by atoms with E-state index in [1.165, 1.54) is 0 Å². The number of terminal acetylenes is 1. The van der Waals surface area contributed by atoms with Gasteiger partial charge in [-0.3, -0.25) is 0 Å². The fourth-order valence-electron chi connectivity index (χ4n) is 2.49. The number of ether oxygens (including phenoxy) is 1. The lowest BCUT2D eigenvalue weighted by molar-refractivity contribution is -0.0527. The molecule has 1 N–H and O–H groups in total. The summed E-state index contributed by atoms with van der Waals surface area (Å²) in [7, 11) is 0. The summed E-state index contributed by atoms with van der Waals surface area (Å²) in [6, 6.07) is 0. The number of aliphatic hydroxyl groups is 1. The summed E-state index contributed by atoms with van der Waals surface area (Å²) < 4.78 is 5.01. The molecule has 0 radical (unpaired) electrons. The van der Waals surface area contributed by atoms with Crippen molar-refractivity contribution in [1.29, 1.82) is 0 Å². The Kier molecular flexibility index (Phi) is 5.49. The summed E-state index contributed by atoms with van der Waals surface area (Å²) in [5, 5.41) is 10.4. The van der Waals surface area contributed by atoms with Gasteiger partial charge in [-0.15, -0.1) is 12.3 Å². The number of likely N-dealkylation sites (tertiary alicyclic amines) is 1. The quantitative estimate of drug-likeness (QED) is 0.780. The highest BCUT2D eigenvalue weighted by Crippen LogP contribution is 2.31. The molecule has 0 unspecified atom stereocenters. The molecule has 4 nitrogen and oxygen atoms in total. The van der Waals surface area contributed by atoms with Gasteiger partial charge >= 0.3 is 6.09 Å². The van der Waals surface area contributed by atoms with Crippen LogP contribution in [-0.4, -0.2) is 41.4 Å². The number of hydrogen-bond acceptors (Lipinski definition) is 3. The van der Waals surface area contributed by atoms with E-state index in [0.717, 1.165) is 6.42 Å². The Bertz CT molecular complexity index is 323. The predicted molar refractivity (Wildman–Crippen MR) is 70.0 cm³/mol. The van der Waals surface area contributed by atoms with Crippen molar-refractivity contribution in [1.82, 2.24) is 4.90 Å². The van der Waals surface area contributed by atoms with E-state index >= 15 is 0 Å². The van der Waals surface area contributed by atoms with Crippen molar-refractivity contribution in [3.8, 4) is 12.3 Å². The highest BCUT2D eigenvalue weighted by atomic mass is 16.6. The minimum Gasteiger partial charge on any atom is -0.450 e. The third-order valence-electron chi connectivity index (χ3n) is 3.51. The van der Waals surface area contributed by atoms with Gasteiger partial charge in [-0.25, -0.2) is 4.79 Å². The molecule has 0 aromatic heterocycles. The molecule has 0 aromatic carbocycles. The first-order valence-corrected chi connectivity index (χ1v) is 6.62. The molecule has 0 aliphatic carbocycles. The Morgan fingerprint density at radius 2 is 2.33 bits per heavy atom. The summed E-state index contributed by atoms with van der Waals surface area (Å²) in [4.78, 5) is 13.4. The molecule has 1 heterocycles. The Morgan fingerprint density at radius 3 is 2.89 bits per heavy atom. The van der Waals surface area contributed by atoms with Crippen molar-refractivity contribution in [2.75, 3.05) is 19.7 Å². The first-order valence-electron chi connectivity index (χ1n) is 6.62. The van der Waals surface area contributed by atoms with Gasteiger partial charge in [0.2, 0.25) is 0 Å². The molecule has 1 aliphatic heterocycles. The second-order valence-electron chi connectivity index (χ2n) is 4.97. The smallest absolute Gasteiger partial charge is 0.409 e. The average Bonchev–Trinajstić information content (AvgIpc) is 2.36. The van der Waals surface area contributed by atoms with Crippen molar-refractivity contribution in [3.05, 3.63) is 0 Å². The summed E-state index contributed by atoms with van der Waals surface area (Å²) in [5.74, 6) is 2.87. The highest BCUT2D eigenvalue weighted by molar-refractivity contribution is 5.67. The van der Waals surface area contributed by atoms with E-state index in [1.807, 2.05) is 6.92 Å². The molecule has 102 valence electrons. The number of rotatable bonds is 4. The molecule has 0 spiro atoms. The van der Waals surface area contributed by atoms with Crippen molar-refractivity contribution < 1.29 is 14.6 Å². The van der Waals surface area contributed by atoms with Gasteiger partial charge in [-0.1, -0.05) is 6.92 Å². The largest absolute Gasteiger partial charge is 0.450 e. The van der Waals surface area contributed by atoms with Gasteiger partial charge < -0.3 is 14.7 Å². The number of carbonyl (C=O) groups is 1. The van der Waals surface area contributed by atoms with Crippen LogP contribution in [0.5, 0.6) is 0 Å². The Morgan fingerprint density at radius 1 is 1.61 bits per heavy atom. The molecule has 1 saturated heterocycles. The summed E-state index contributed by atoms with van der Waals surface area (Å²) >= 11 is 0. The lowest BCUT2D eigenvalue weighted by Gasteiger charge is -2.42. The first-order chi connectivity index (χ1) is 8.54. The van der Waals surface area contributed by atoms with Gasteiger partial charge in [-0.05, 0) is 32.1 Å². The standard InChI is InChI=1S/C14H23NO3/c1-4-7-8-12-9-14(17,5-2)11-15(10-12)13(16)18-6-3/h1,12,17H,5-11H2,2-3H3/t12-,14-/m0/s1. The number of β-amino-alcohol motifs (C(OH)–C–C–N with tert-alkyl or cyclic N) is 1. The van der Waals surface area contributed by atoms with E-state index in [9.17, 15) is 9.90 Å². The van der Waals surface area contributed by atoms with E-state index in [4.69, 9.17) is 11.2 Å². The Balaban J connectivity index is 2.68. The van der Waals surface area contributed by atoms with Crippen molar-refractivity contribution in [3.63, 3.8) is 0 Å². The second-order valence-corrected chi connectivity index (χ2v) is 4.97. The maximum atomic E-state index is 11.8. The minimum absolute atomic E-state index is 0.254. The van der Waals surface area contributed by atoms with Crippen LogP contribution in [0.3, 0.4) is 0 Å². The second kappa shape index (κ2) is 6.65. The molecule has 0 bridgehead atoms. The number of piperidine rings is 1. The van der Waals surface area contributed by atoms with Crippen LogP contribution in [0.4, 0.5) is 4.79 Å². The third-order valence-corrected chi connectivity index (χ3v) is 3.51. The van der Waals surface area contributed by atoms with Crippen LogP contribution in [0.1, 0.15) is 39.5 Å². The normalized spacial score (nSPS) is 27.7. The molecular weight excluding hydrogens is 230 g/mol. The molecule has 0 aromatic rings. The Labute approximate surface area is 109 Å². The van der Waals surface area contributed by atoms with E-state index in [0.29, 0.717) is 39.0 Å². The molecule has 1 rings (SSSR count). The fraction of sp³-hybridized carbons (Fsp3) is 0.786. The van der Waals surface area contributed by atoms with E-state index in [1.54, 1.807) is 11.8 Å². The topological polar surface area (TPSA) is 49.8 Å². The highest BCUT2D eigenvalue weighted by Gasteiger charge is 2.38. The number of hydrogen-bond donors (Lipinski definition) is 1. The molecule has 1 amide bonds. The van der Waals surface area contributed by atoms with Gasteiger partial charge in [-0.2, -0.15) is 0 Å². The average molecular weight is 253 g/mol. The van der Waals surface area contributed by atoms with Gasteiger partial charge in [0.1, 0.15) is 0 Å². The summed E-state index contributed by atoms with van der Waals surface area (Å²) in [6.45, 7) is 5.06. The number of nitrogens with zero attached hydrogens (tertiary/aromatic N) is 1. The van der Waals surface area contributed by atoms with Gasteiger partial charge in [0.05, 0.1) is 18.8 Å². The lowest BCUT2D eigenvalue weighted by Crippen LogP contribution is -2.53.